The smallest absolute Gasteiger partial charge is 0.265 e. The minimum absolute atomic E-state index is 0.0982. The van der Waals surface area contributed by atoms with Crippen LogP contribution in [0.2, 0.25) is 0 Å². The fourth-order valence-corrected chi connectivity index (χ4v) is 2.31. The third-order valence-electron chi connectivity index (χ3n) is 3.47. The van der Waals surface area contributed by atoms with Gasteiger partial charge in [-0.2, -0.15) is 0 Å². The van der Waals surface area contributed by atoms with Gasteiger partial charge in [0.15, 0.2) is 6.61 Å². The largest absolute Gasteiger partial charge is 0.490 e. The normalized spacial score (nSPS) is 13.3. The van der Waals surface area contributed by atoms with Gasteiger partial charge in [0.25, 0.3) is 5.91 Å². The minimum atomic E-state index is -0.401. The molecule has 4 nitrogen and oxygen atoms in total. The van der Waals surface area contributed by atoms with Gasteiger partial charge in [-0.25, -0.2) is 4.39 Å². The van der Waals surface area contributed by atoms with Gasteiger partial charge in [-0.3, -0.25) is 4.79 Å². The lowest BCUT2D eigenvalue weighted by Gasteiger charge is -2.29. The molecule has 0 N–H and O–H groups in total. The summed E-state index contributed by atoms with van der Waals surface area (Å²) in [5.74, 6) is 0.514. The van der Waals surface area contributed by atoms with Crippen molar-refractivity contribution in [1.82, 2.24) is 0 Å². The highest BCUT2D eigenvalue weighted by atomic mass is 19.1. The molecule has 1 heterocycles. The van der Waals surface area contributed by atoms with Crippen LogP contribution in [-0.2, 0) is 4.79 Å². The van der Waals surface area contributed by atoms with E-state index in [1.807, 2.05) is 31.2 Å². The molecule has 3 rings (SSSR count). The maximum absolute atomic E-state index is 13.4. The number of benzene rings is 2. The van der Waals surface area contributed by atoms with Gasteiger partial charge in [0, 0.05) is 6.07 Å². The quantitative estimate of drug-likeness (QED) is 0.875. The van der Waals surface area contributed by atoms with Crippen LogP contribution in [0, 0.1) is 12.7 Å². The van der Waals surface area contributed by atoms with Gasteiger partial charge in [-0.15, -0.1) is 0 Å². The van der Waals surface area contributed by atoms with Crippen molar-refractivity contribution in [2.75, 3.05) is 24.7 Å². The van der Waals surface area contributed by atoms with Crippen molar-refractivity contribution < 1.29 is 18.7 Å². The van der Waals surface area contributed by atoms with Gasteiger partial charge in [-0.1, -0.05) is 17.7 Å². The van der Waals surface area contributed by atoms with Crippen molar-refractivity contribution in [3.05, 3.63) is 53.8 Å². The molecule has 0 aliphatic carbocycles. The summed E-state index contributed by atoms with van der Waals surface area (Å²) in [7, 11) is 0. The summed E-state index contributed by atoms with van der Waals surface area (Å²) in [6.07, 6.45) is 0. The SMILES string of the molecule is Cc1ccc(OCC(=O)N2CCOc3ccc(F)cc32)cc1. The van der Waals surface area contributed by atoms with Crippen LogP contribution in [0.4, 0.5) is 10.1 Å². The fraction of sp³-hybridized carbons (Fsp3) is 0.235. The van der Waals surface area contributed by atoms with Gasteiger partial charge in [0.2, 0.25) is 0 Å². The van der Waals surface area contributed by atoms with E-state index in [-0.39, 0.29) is 12.5 Å². The zero-order valence-corrected chi connectivity index (χ0v) is 12.2. The Hall–Kier alpha value is -2.56. The molecule has 0 saturated heterocycles. The highest BCUT2D eigenvalue weighted by Gasteiger charge is 2.24. The van der Waals surface area contributed by atoms with Crippen LogP contribution in [0.15, 0.2) is 42.5 Å². The summed E-state index contributed by atoms with van der Waals surface area (Å²) in [6.45, 7) is 2.65. The number of ether oxygens (including phenoxy) is 2. The predicted molar refractivity (Wildman–Crippen MR) is 80.9 cm³/mol. The Morgan fingerprint density at radius 3 is 2.82 bits per heavy atom. The summed E-state index contributed by atoms with van der Waals surface area (Å²) in [5, 5.41) is 0. The van der Waals surface area contributed by atoms with Crippen LogP contribution in [0.25, 0.3) is 0 Å². The number of halogens is 1. The molecule has 1 amide bonds. The van der Waals surface area contributed by atoms with E-state index in [4.69, 9.17) is 9.47 Å². The summed E-state index contributed by atoms with van der Waals surface area (Å²) in [6, 6.07) is 11.6. The zero-order valence-electron chi connectivity index (χ0n) is 12.2. The van der Waals surface area contributed by atoms with E-state index in [0.29, 0.717) is 30.3 Å². The standard InChI is InChI=1S/C17H16FNO3/c1-12-2-5-14(6-3-12)22-11-17(20)19-8-9-21-16-7-4-13(18)10-15(16)19/h2-7,10H,8-9,11H2,1H3. The summed E-state index contributed by atoms with van der Waals surface area (Å²) in [5.41, 5.74) is 1.57. The maximum atomic E-state index is 13.4. The highest BCUT2D eigenvalue weighted by molar-refractivity contribution is 5.96. The molecule has 0 bridgehead atoms. The summed E-state index contributed by atoms with van der Waals surface area (Å²) in [4.78, 5) is 13.8. The topological polar surface area (TPSA) is 38.8 Å². The molecule has 22 heavy (non-hydrogen) atoms. The highest BCUT2D eigenvalue weighted by Crippen LogP contribution is 2.32. The molecule has 114 valence electrons. The Labute approximate surface area is 128 Å². The second-order valence-electron chi connectivity index (χ2n) is 5.11. The van der Waals surface area contributed by atoms with E-state index in [0.717, 1.165) is 5.56 Å². The van der Waals surface area contributed by atoms with Crippen LogP contribution in [0.5, 0.6) is 11.5 Å². The second kappa shape index (κ2) is 6.05. The average Bonchev–Trinajstić information content (AvgIpc) is 2.53. The molecule has 5 heteroatoms. The number of hydrogen-bond acceptors (Lipinski definition) is 3. The molecule has 1 aliphatic heterocycles. The van der Waals surface area contributed by atoms with E-state index < -0.39 is 5.82 Å². The van der Waals surface area contributed by atoms with Crippen LogP contribution >= 0.6 is 0 Å². The van der Waals surface area contributed by atoms with Crippen LogP contribution in [0.1, 0.15) is 5.56 Å². The van der Waals surface area contributed by atoms with Gasteiger partial charge >= 0.3 is 0 Å². The summed E-state index contributed by atoms with van der Waals surface area (Å²) < 4.78 is 24.3. The molecule has 0 spiro atoms. The van der Waals surface area contributed by atoms with E-state index in [2.05, 4.69) is 0 Å². The van der Waals surface area contributed by atoms with E-state index in [1.54, 1.807) is 0 Å². The number of amides is 1. The van der Waals surface area contributed by atoms with Crippen LogP contribution in [-0.4, -0.2) is 25.7 Å². The number of rotatable bonds is 3. The van der Waals surface area contributed by atoms with Crippen molar-refractivity contribution in [3.63, 3.8) is 0 Å². The fourth-order valence-electron chi connectivity index (χ4n) is 2.31. The number of carbonyl (C=O) groups excluding carboxylic acids is 1. The molecule has 0 saturated carbocycles. The Kier molecular flexibility index (Phi) is 3.96. The third-order valence-corrected chi connectivity index (χ3v) is 3.47. The number of nitrogens with zero attached hydrogens (tertiary/aromatic N) is 1. The van der Waals surface area contributed by atoms with Crippen molar-refractivity contribution in [1.29, 1.82) is 0 Å². The number of hydrogen-bond donors (Lipinski definition) is 0. The first-order chi connectivity index (χ1) is 10.6. The number of carbonyl (C=O) groups is 1. The van der Waals surface area contributed by atoms with Gasteiger partial charge in [0.05, 0.1) is 12.2 Å². The Bertz CT molecular complexity index is 685. The minimum Gasteiger partial charge on any atom is -0.490 e. The molecule has 2 aromatic carbocycles. The monoisotopic (exact) mass is 301 g/mol. The van der Waals surface area contributed by atoms with Crippen molar-refractivity contribution in [2.45, 2.75) is 6.92 Å². The van der Waals surface area contributed by atoms with E-state index in [9.17, 15) is 9.18 Å². The molecule has 2 aromatic rings. The predicted octanol–water partition coefficient (Wildman–Crippen LogP) is 2.94. The number of fused-ring (bicyclic) bond motifs is 1. The molecular weight excluding hydrogens is 285 g/mol. The van der Waals surface area contributed by atoms with Crippen LogP contribution < -0.4 is 14.4 Å². The average molecular weight is 301 g/mol. The first-order valence-corrected chi connectivity index (χ1v) is 7.06. The summed E-state index contributed by atoms with van der Waals surface area (Å²) >= 11 is 0. The zero-order chi connectivity index (χ0) is 15.5. The molecule has 0 radical (unpaired) electrons. The Balaban J connectivity index is 1.71. The van der Waals surface area contributed by atoms with Crippen molar-refractivity contribution >= 4 is 11.6 Å². The first-order valence-electron chi connectivity index (χ1n) is 7.06. The second-order valence-corrected chi connectivity index (χ2v) is 5.11. The van der Waals surface area contributed by atoms with E-state index in [1.165, 1.54) is 23.1 Å². The lowest BCUT2D eigenvalue weighted by Crippen LogP contribution is -2.40. The molecule has 0 atom stereocenters. The van der Waals surface area contributed by atoms with Crippen molar-refractivity contribution in [2.24, 2.45) is 0 Å². The van der Waals surface area contributed by atoms with E-state index >= 15 is 0 Å². The Morgan fingerprint density at radius 1 is 1.27 bits per heavy atom. The lowest BCUT2D eigenvalue weighted by atomic mass is 10.2. The van der Waals surface area contributed by atoms with Crippen molar-refractivity contribution in [3.8, 4) is 11.5 Å². The van der Waals surface area contributed by atoms with Gasteiger partial charge in [0.1, 0.15) is 23.9 Å². The molecule has 0 aromatic heterocycles. The lowest BCUT2D eigenvalue weighted by molar-refractivity contribution is -0.120. The van der Waals surface area contributed by atoms with Gasteiger partial charge < -0.3 is 14.4 Å². The third kappa shape index (κ3) is 3.03. The first kappa shape index (κ1) is 14.4. The maximum Gasteiger partial charge on any atom is 0.265 e. The van der Waals surface area contributed by atoms with Crippen LogP contribution in [0.3, 0.4) is 0 Å². The number of aryl methyl sites for hydroxylation is 1. The molecule has 1 aliphatic rings. The molecule has 0 fully saturated rings. The van der Waals surface area contributed by atoms with Gasteiger partial charge in [-0.05, 0) is 31.2 Å². The number of anilines is 1. The molecule has 0 unspecified atom stereocenters. The Morgan fingerprint density at radius 2 is 2.05 bits per heavy atom. The molecular formula is C17H16FNO3.